The number of piperidine rings is 1. The molecule has 118 valence electrons. The van der Waals surface area contributed by atoms with E-state index >= 15 is 0 Å². The van der Waals surface area contributed by atoms with E-state index < -0.39 is 37.0 Å². The molecule has 0 bridgehead atoms. The van der Waals surface area contributed by atoms with Gasteiger partial charge in [0.25, 0.3) is 5.91 Å². The Morgan fingerprint density at radius 3 is 2.62 bits per heavy atom. The van der Waals surface area contributed by atoms with E-state index in [1.54, 1.807) is 0 Å². The predicted molar refractivity (Wildman–Crippen MR) is 68.3 cm³/mol. The van der Waals surface area contributed by atoms with Gasteiger partial charge in [-0.3, -0.25) is 14.9 Å². The lowest BCUT2D eigenvalue weighted by Gasteiger charge is -2.31. The zero-order valence-electron chi connectivity index (χ0n) is 11.7. The van der Waals surface area contributed by atoms with Crippen LogP contribution in [0.4, 0.5) is 4.79 Å². The Hall–Kier alpha value is -2.16. The number of nitrogens with one attached hydrogen (secondary N) is 1. The van der Waals surface area contributed by atoms with Gasteiger partial charge in [-0.15, -0.1) is 0 Å². The maximum absolute atomic E-state index is 11.8. The maximum atomic E-state index is 11.8. The third-order valence-electron chi connectivity index (χ3n) is 2.95. The first kappa shape index (κ1) is 16.9. The van der Waals surface area contributed by atoms with Crippen molar-refractivity contribution in [1.82, 2.24) is 10.2 Å². The van der Waals surface area contributed by atoms with Crippen LogP contribution in [-0.2, 0) is 23.9 Å². The summed E-state index contributed by atoms with van der Waals surface area (Å²) in [4.78, 5) is 46.2. The Bertz CT molecular complexity index is 424. The van der Waals surface area contributed by atoms with Crippen LogP contribution in [0.25, 0.3) is 0 Å². The SMILES string of the molecule is COC(=O)C1CCCN(C(=O)NC(=O)COCC(=O)O)C1. The van der Waals surface area contributed by atoms with Crippen LogP contribution in [-0.4, -0.2) is 67.3 Å². The quantitative estimate of drug-likeness (QED) is 0.638. The van der Waals surface area contributed by atoms with E-state index in [-0.39, 0.29) is 12.5 Å². The highest BCUT2D eigenvalue weighted by molar-refractivity contribution is 5.95. The minimum absolute atomic E-state index is 0.182. The molecule has 21 heavy (non-hydrogen) atoms. The summed E-state index contributed by atoms with van der Waals surface area (Å²) in [6.07, 6.45) is 1.27. The normalized spacial score (nSPS) is 18.0. The second-order valence-corrected chi connectivity index (χ2v) is 4.55. The van der Waals surface area contributed by atoms with Crippen LogP contribution >= 0.6 is 0 Å². The van der Waals surface area contributed by atoms with Crippen molar-refractivity contribution >= 4 is 23.9 Å². The van der Waals surface area contributed by atoms with Gasteiger partial charge in [-0.2, -0.15) is 0 Å². The van der Waals surface area contributed by atoms with Crippen LogP contribution in [0.3, 0.4) is 0 Å². The number of hydrogen-bond donors (Lipinski definition) is 2. The molecule has 1 atom stereocenters. The minimum Gasteiger partial charge on any atom is -0.480 e. The van der Waals surface area contributed by atoms with Crippen LogP contribution in [0.2, 0.25) is 0 Å². The number of carboxylic acid groups (broad SMARTS) is 1. The van der Waals surface area contributed by atoms with E-state index in [4.69, 9.17) is 5.11 Å². The number of hydrogen-bond acceptors (Lipinski definition) is 6. The van der Waals surface area contributed by atoms with Crippen molar-refractivity contribution in [1.29, 1.82) is 0 Å². The summed E-state index contributed by atoms with van der Waals surface area (Å²) in [5.41, 5.74) is 0. The number of amides is 3. The summed E-state index contributed by atoms with van der Waals surface area (Å²) >= 11 is 0. The highest BCUT2D eigenvalue weighted by Gasteiger charge is 2.29. The summed E-state index contributed by atoms with van der Waals surface area (Å²) in [6.45, 7) is -0.521. The van der Waals surface area contributed by atoms with Crippen LogP contribution in [0.1, 0.15) is 12.8 Å². The number of carbonyl (C=O) groups excluding carboxylic acids is 3. The summed E-state index contributed by atoms with van der Waals surface area (Å²) in [5, 5.41) is 10.4. The molecule has 2 N–H and O–H groups in total. The average Bonchev–Trinajstić information content (AvgIpc) is 2.46. The molecule has 1 fully saturated rings. The van der Waals surface area contributed by atoms with Gasteiger partial charge in [-0.1, -0.05) is 0 Å². The number of methoxy groups -OCH3 is 1. The van der Waals surface area contributed by atoms with Gasteiger partial charge in [0.1, 0.15) is 13.2 Å². The van der Waals surface area contributed by atoms with Gasteiger partial charge in [-0.25, -0.2) is 9.59 Å². The molecule has 1 unspecified atom stereocenters. The van der Waals surface area contributed by atoms with Crippen molar-refractivity contribution in [2.45, 2.75) is 12.8 Å². The van der Waals surface area contributed by atoms with Gasteiger partial charge >= 0.3 is 18.0 Å². The third kappa shape index (κ3) is 5.78. The molecule has 9 heteroatoms. The molecule has 1 rings (SSSR count). The number of aliphatic carboxylic acids is 1. The number of esters is 1. The molecule has 1 saturated heterocycles. The van der Waals surface area contributed by atoms with Crippen molar-refractivity contribution in [2.24, 2.45) is 5.92 Å². The lowest BCUT2D eigenvalue weighted by molar-refractivity contribution is -0.147. The fraction of sp³-hybridized carbons (Fsp3) is 0.667. The Morgan fingerprint density at radius 2 is 2.00 bits per heavy atom. The number of ether oxygens (including phenoxy) is 2. The highest BCUT2D eigenvalue weighted by Crippen LogP contribution is 2.17. The summed E-state index contributed by atoms with van der Waals surface area (Å²) in [5.74, 6) is -2.72. The molecular weight excluding hydrogens is 284 g/mol. The van der Waals surface area contributed by atoms with Gasteiger partial charge in [0.05, 0.1) is 13.0 Å². The van der Waals surface area contributed by atoms with Gasteiger partial charge in [0.15, 0.2) is 0 Å². The second-order valence-electron chi connectivity index (χ2n) is 4.55. The number of imide groups is 1. The molecule has 0 spiro atoms. The lowest BCUT2D eigenvalue weighted by Crippen LogP contribution is -2.49. The zero-order chi connectivity index (χ0) is 15.8. The smallest absolute Gasteiger partial charge is 0.329 e. The van der Waals surface area contributed by atoms with Crippen molar-refractivity contribution < 1.29 is 33.8 Å². The lowest BCUT2D eigenvalue weighted by atomic mass is 9.98. The van der Waals surface area contributed by atoms with Crippen LogP contribution in [0.15, 0.2) is 0 Å². The minimum atomic E-state index is -1.20. The van der Waals surface area contributed by atoms with E-state index in [1.165, 1.54) is 12.0 Å². The van der Waals surface area contributed by atoms with Gasteiger partial charge < -0.3 is 19.5 Å². The predicted octanol–water partition coefficient (Wildman–Crippen LogP) is -0.791. The maximum Gasteiger partial charge on any atom is 0.329 e. The summed E-state index contributed by atoms with van der Waals surface area (Å²) < 4.78 is 9.20. The number of carbonyl (C=O) groups is 4. The van der Waals surface area contributed by atoms with E-state index in [2.05, 4.69) is 14.8 Å². The van der Waals surface area contributed by atoms with Crippen molar-refractivity contribution in [3.63, 3.8) is 0 Å². The zero-order valence-corrected chi connectivity index (χ0v) is 11.7. The number of rotatable bonds is 5. The molecule has 0 aliphatic carbocycles. The molecular formula is C12H18N2O7. The Labute approximate surface area is 121 Å². The van der Waals surface area contributed by atoms with Crippen molar-refractivity contribution in [3.8, 4) is 0 Å². The van der Waals surface area contributed by atoms with Gasteiger partial charge in [0.2, 0.25) is 0 Å². The molecule has 0 aromatic heterocycles. The molecule has 1 heterocycles. The van der Waals surface area contributed by atoms with Crippen LogP contribution in [0.5, 0.6) is 0 Å². The van der Waals surface area contributed by atoms with E-state index in [9.17, 15) is 19.2 Å². The molecule has 0 aromatic carbocycles. The Morgan fingerprint density at radius 1 is 1.29 bits per heavy atom. The van der Waals surface area contributed by atoms with Crippen LogP contribution < -0.4 is 5.32 Å². The fourth-order valence-corrected chi connectivity index (χ4v) is 1.99. The van der Waals surface area contributed by atoms with Crippen molar-refractivity contribution in [3.05, 3.63) is 0 Å². The average molecular weight is 302 g/mol. The highest BCUT2D eigenvalue weighted by atomic mass is 16.5. The molecule has 9 nitrogen and oxygen atoms in total. The molecule has 3 amide bonds. The standard InChI is InChI=1S/C12H18N2O7/c1-20-11(18)8-3-2-4-14(5-8)12(19)13-9(15)6-21-7-10(16)17/h8H,2-7H2,1H3,(H,16,17)(H,13,15,19). The molecule has 1 aliphatic heterocycles. The monoisotopic (exact) mass is 302 g/mol. The molecule has 0 radical (unpaired) electrons. The van der Waals surface area contributed by atoms with E-state index in [0.717, 1.165) is 0 Å². The first-order chi connectivity index (χ1) is 9.93. The second kappa shape index (κ2) is 8.20. The first-order valence-corrected chi connectivity index (χ1v) is 6.40. The molecule has 0 saturated carbocycles. The fourth-order valence-electron chi connectivity index (χ4n) is 1.99. The largest absolute Gasteiger partial charge is 0.480 e. The van der Waals surface area contributed by atoms with Crippen LogP contribution in [0, 0.1) is 5.92 Å². The number of likely N-dealkylation sites (tertiary alicyclic amines) is 1. The number of carboxylic acids is 1. The van der Waals surface area contributed by atoms with Gasteiger partial charge in [0, 0.05) is 13.1 Å². The van der Waals surface area contributed by atoms with E-state index in [1.807, 2.05) is 0 Å². The van der Waals surface area contributed by atoms with Crippen molar-refractivity contribution in [2.75, 3.05) is 33.4 Å². The molecule has 0 aromatic rings. The Kier molecular flexibility index (Phi) is 6.60. The third-order valence-corrected chi connectivity index (χ3v) is 2.95. The first-order valence-electron chi connectivity index (χ1n) is 6.40. The van der Waals surface area contributed by atoms with E-state index in [0.29, 0.717) is 19.4 Å². The van der Waals surface area contributed by atoms with Gasteiger partial charge in [-0.05, 0) is 12.8 Å². The number of nitrogens with zero attached hydrogens (tertiary/aromatic N) is 1. The molecule has 1 aliphatic rings. The summed E-state index contributed by atoms with van der Waals surface area (Å²) in [6, 6.07) is -0.632. The topological polar surface area (TPSA) is 122 Å². The number of urea groups is 1. The summed E-state index contributed by atoms with van der Waals surface area (Å²) in [7, 11) is 1.28. The Balaban J connectivity index is 2.38.